The lowest BCUT2D eigenvalue weighted by molar-refractivity contribution is -0.123. The molecule has 0 spiro atoms. The Bertz CT molecular complexity index is 883. The Labute approximate surface area is 149 Å². The largest absolute Gasteiger partial charge is 0.325 e. The first-order valence-electron chi connectivity index (χ1n) is 7.03. The van der Waals surface area contributed by atoms with Crippen LogP contribution >= 0.6 is 27.7 Å². The molecule has 2 aromatic rings. The van der Waals surface area contributed by atoms with Gasteiger partial charge in [-0.05, 0) is 34.3 Å². The van der Waals surface area contributed by atoms with Gasteiger partial charge in [-0.3, -0.25) is 14.4 Å². The first-order chi connectivity index (χ1) is 11.5. The number of anilines is 2. The van der Waals surface area contributed by atoms with E-state index in [2.05, 4.69) is 36.5 Å². The van der Waals surface area contributed by atoms with Crippen LogP contribution in [0.3, 0.4) is 0 Å². The summed E-state index contributed by atoms with van der Waals surface area (Å²) in [5.41, 5.74) is 0.328. The van der Waals surface area contributed by atoms with E-state index in [1.807, 2.05) is 6.07 Å². The first-order valence-corrected chi connectivity index (χ1v) is 9.05. The number of hydrogen-bond donors (Lipinski definition) is 3. The van der Waals surface area contributed by atoms with Gasteiger partial charge < -0.3 is 15.6 Å². The van der Waals surface area contributed by atoms with Gasteiger partial charge in [0.15, 0.2) is 5.16 Å². The van der Waals surface area contributed by atoms with E-state index >= 15 is 0 Å². The molecule has 0 aliphatic carbocycles. The minimum absolute atomic E-state index is 0.105. The van der Waals surface area contributed by atoms with E-state index in [-0.39, 0.29) is 23.7 Å². The molecule has 1 aromatic carbocycles. The van der Waals surface area contributed by atoms with Gasteiger partial charge in [-0.2, -0.15) is 0 Å². The summed E-state index contributed by atoms with van der Waals surface area (Å²) in [6.45, 7) is 0. The number of benzene rings is 1. The van der Waals surface area contributed by atoms with Crippen LogP contribution in [0.25, 0.3) is 0 Å². The number of H-pyrrole nitrogens is 1. The van der Waals surface area contributed by atoms with E-state index in [1.165, 1.54) is 11.8 Å². The zero-order valence-electron chi connectivity index (χ0n) is 12.6. The topological polar surface area (TPSA) is 104 Å². The monoisotopic (exact) mass is 408 g/mol. The molecule has 124 valence electrons. The van der Waals surface area contributed by atoms with Crippen molar-refractivity contribution in [1.29, 1.82) is 0 Å². The maximum atomic E-state index is 12.6. The second kappa shape index (κ2) is 6.78. The third kappa shape index (κ3) is 3.22. The van der Waals surface area contributed by atoms with Crippen molar-refractivity contribution in [3.63, 3.8) is 0 Å². The number of carbonyl (C=O) groups is 2. The summed E-state index contributed by atoms with van der Waals surface area (Å²) in [6, 6.07) is 7.12. The number of nitrogens with zero attached hydrogens (tertiary/aromatic N) is 1. The molecule has 3 N–H and O–H groups in total. The van der Waals surface area contributed by atoms with Crippen molar-refractivity contribution >= 4 is 51.0 Å². The number of thioether (sulfide) groups is 1. The van der Waals surface area contributed by atoms with Gasteiger partial charge in [-0.1, -0.05) is 23.9 Å². The van der Waals surface area contributed by atoms with Crippen molar-refractivity contribution in [2.24, 2.45) is 0 Å². The summed E-state index contributed by atoms with van der Waals surface area (Å²) in [5.74, 6) is -1.53. The minimum atomic E-state index is -0.895. The Morgan fingerprint density at radius 1 is 1.38 bits per heavy atom. The molecule has 1 atom stereocenters. The van der Waals surface area contributed by atoms with E-state index in [4.69, 9.17) is 0 Å². The maximum Gasteiger partial charge on any atom is 0.257 e. The van der Waals surface area contributed by atoms with Crippen LogP contribution in [0, 0.1) is 0 Å². The zero-order valence-corrected chi connectivity index (χ0v) is 15.0. The second-order valence-electron chi connectivity index (χ2n) is 5.11. The molecule has 24 heavy (non-hydrogen) atoms. The maximum absolute atomic E-state index is 12.6. The molecule has 2 heterocycles. The Morgan fingerprint density at radius 2 is 2.12 bits per heavy atom. The van der Waals surface area contributed by atoms with Crippen molar-refractivity contribution < 1.29 is 9.59 Å². The standard InChI is InChI=1S/C15H13BrN4O3S/c1-24-15-19-12-11(14(23)20-15)7(6-10(21)18-12)13(22)17-9-5-3-2-4-8(9)16/h2-5,7H,6H2,1H3,(H,17,22)(H2,18,19,20,21,23). The molecule has 9 heteroatoms. The third-order valence-corrected chi connectivity index (χ3v) is 4.84. The fourth-order valence-electron chi connectivity index (χ4n) is 2.45. The van der Waals surface area contributed by atoms with E-state index in [0.717, 1.165) is 0 Å². The highest BCUT2D eigenvalue weighted by Crippen LogP contribution is 2.31. The van der Waals surface area contributed by atoms with Crippen molar-refractivity contribution in [3.8, 4) is 0 Å². The summed E-state index contributed by atoms with van der Waals surface area (Å²) in [4.78, 5) is 43.7. The Morgan fingerprint density at radius 3 is 2.83 bits per heavy atom. The molecule has 0 saturated carbocycles. The molecular formula is C15H13BrN4O3S. The number of para-hydroxylation sites is 1. The molecule has 2 amide bonds. The highest BCUT2D eigenvalue weighted by atomic mass is 79.9. The van der Waals surface area contributed by atoms with Crippen LogP contribution in [0.15, 0.2) is 38.7 Å². The number of halogens is 1. The van der Waals surface area contributed by atoms with Crippen molar-refractivity contribution in [3.05, 3.63) is 44.7 Å². The molecule has 1 aromatic heterocycles. The average molecular weight is 409 g/mol. The predicted octanol–water partition coefficient (Wildman–Crippen LogP) is 2.32. The van der Waals surface area contributed by atoms with E-state index in [1.54, 1.807) is 24.5 Å². The van der Waals surface area contributed by atoms with Gasteiger partial charge in [0.25, 0.3) is 5.56 Å². The summed E-state index contributed by atoms with van der Waals surface area (Å²) in [7, 11) is 0. The SMILES string of the molecule is CSc1nc2c(c(=O)[nH]1)C(C(=O)Nc1ccccc1Br)CC(=O)N2. The summed E-state index contributed by atoms with van der Waals surface area (Å²) < 4.78 is 0.712. The first kappa shape index (κ1) is 16.7. The molecule has 7 nitrogen and oxygen atoms in total. The number of carbonyl (C=O) groups excluding carboxylic acids is 2. The summed E-state index contributed by atoms with van der Waals surface area (Å²) in [6.07, 6.45) is 1.65. The quantitative estimate of drug-likeness (QED) is 0.533. The zero-order chi connectivity index (χ0) is 17.3. The molecule has 0 bridgehead atoms. The van der Waals surface area contributed by atoms with Gasteiger partial charge in [0.2, 0.25) is 11.8 Å². The lowest BCUT2D eigenvalue weighted by Gasteiger charge is -2.23. The highest BCUT2D eigenvalue weighted by molar-refractivity contribution is 9.10. The smallest absolute Gasteiger partial charge is 0.257 e. The number of amides is 2. The van der Waals surface area contributed by atoms with Crippen LogP contribution in [0.4, 0.5) is 11.5 Å². The number of aromatic nitrogens is 2. The van der Waals surface area contributed by atoms with Crippen molar-refractivity contribution in [1.82, 2.24) is 9.97 Å². The fraction of sp³-hybridized carbons (Fsp3) is 0.200. The van der Waals surface area contributed by atoms with E-state index in [9.17, 15) is 14.4 Å². The Balaban J connectivity index is 1.98. The van der Waals surface area contributed by atoms with Gasteiger partial charge in [-0.25, -0.2) is 4.98 Å². The van der Waals surface area contributed by atoms with Gasteiger partial charge in [0.05, 0.1) is 17.2 Å². The molecule has 3 rings (SSSR count). The van der Waals surface area contributed by atoms with Crippen LogP contribution in [0.1, 0.15) is 17.9 Å². The molecule has 0 fully saturated rings. The second-order valence-corrected chi connectivity index (χ2v) is 6.76. The van der Waals surface area contributed by atoms with Gasteiger partial charge in [-0.15, -0.1) is 0 Å². The lowest BCUT2D eigenvalue weighted by Crippen LogP contribution is -2.36. The van der Waals surface area contributed by atoms with Gasteiger partial charge in [0.1, 0.15) is 5.82 Å². The average Bonchev–Trinajstić information content (AvgIpc) is 2.55. The van der Waals surface area contributed by atoms with Crippen LogP contribution in [0.2, 0.25) is 0 Å². The number of fused-ring (bicyclic) bond motifs is 1. The summed E-state index contributed by atoms with van der Waals surface area (Å²) in [5, 5.41) is 5.69. The number of rotatable bonds is 3. The molecule has 1 aliphatic heterocycles. The van der Waals surface area contributed by atoms with Gasteiger partial charge >= 0.3 is 0 Å². The fourth-order valence-corrected chi connectivity index (χ4v) is 3.21. The van der Waals surface area contributed by atoms with E-state index in [0.29, 0.717) is 15.3 Å². The van der Waals surface area contributed by atoms with Crippen LogP contribution in [0.5, 0.6) is 0 Å². The minimum Gasteiger partial charge on any atom is -0.325 e. The van der Waals surface area contributed by atoms with Crippen molar-refractivity contribution in [2.75, 3.05) is 16.9 Å². The van der Waals surface area contributed by atoms with E-state index < -0.39 is 17.4 Å². The molecule has 0 radical (unpaired) electrons. The van der Waals surface area contributed by atoms with Crippen LogP contribution in [-0.4, -0.2) is 28.0 Å². The molecule has 1 aliphatic rings. The lowest BCUT2D eigenvalue weighted by atomic mass is 9.92. The van der Waals surface area contributed by atoms with Crippen LogP contribution < -0.4 is 16.2 Å². The normalized spacial score (nSPS) is 16.2. The number of hydrogen-bond acceptors (Lipinski definition) is 5. The third-order valence-electron chi connectivity index (χ3n) is 3.57. The molecular weight excluding hydrogens is 396 g/mol. The summed E-state index contributed by atoms with van der Waals surface area (Å²) >= 11 is 4.60. The Hall–Kier alpha value is -2.13. The highest BCUT2D eigenvalue weighted by Gasteiger charge is 2.34. The predicted molar refractivity (Wildman–Crippen MR) is 95.4 cm³/mol. The van der Waals surface area contributed by atoms with Crippen molar-refractivity contribution in [2.45, 2.75) is 17.5 Å². The van der Waals surface area contributed by atoms with Crippen LogP contribution in [-0.2, 0) is 9.59 Å². The van der Waals surface area contributed by atoms with Gasteiger partial charge in [0, 0.05) is 10.9 Å². The molecule has 1 unspecified atom stereocenters. The number of nitrogens with one attached hydrogen (secondary N) is 3. The molecule has 0 saturated heterocycles. The Kier molecular flexibility index (Phi) is 4.72. The number of aromatic amines is 1.